The topological polar surface area (TPSA) is 110 Å². The van der Waals surface area contributed by atoms with E-state index in [4.69, 9.17) is 28.2 Å². The van der Waals surface area contributed by atoms with Gasteiger partial charge in [-0.15, -0.1) is 0 Å². The van der Waals surface area contributed by atoms with Crippen LogP contribution < -0.4 is 0 Å². The van der Waals surface area contributed by atoms with Crippen LogP contribution in [0.25, 0.3) is 0 Å². The average Bonchev–Trinajstić information content (AvgIpc) is 3.08. The summed E-state index contributed by atoms with van der Waals surface area (Å²) in [4.78, 5) is 45.9. The van der Waals surface area contributed by atoms with Crippen LogP contribution in [0.4, 0.5) is 13.2 Å². The van der Waals surface area contributed by atoms with E-state index >= 15 is 0 Å². The molecule has 1 aliphatic rings. The van der Waals surface area contributed by atoms with E-state index in [9.17, 15) is 27.6 Å². The first-order valence-corrected chi connectivity index (χ1v) is 20.2. The SMILES string of the molecule is CON1C(=O)[C@H](OC(=O)C(C)(C)C)[C@@H](OCc2ccccc2)[C@H](OCc2ccccc2)[C@H]1[C@H](CCO[Si](C(C)C)(C(C)C)C(C)C)OC(=O)C(F)(F)F. The van der Waals surface area contributed by atoms with E-state index < -0.39 is 68.2 Å². The minimum absolute atomic E-state index is 0.0747. The van der Waals surface area contributed by atoms with Gasteiger partial charge in [0.15, 0.2) is 8.32 Å². The van der Waals surface area contributed by atoms with Crippen LogP contribution in [0.2, 0.25) is 16.6 Å². The summed E-state index contributed by atoms with van der Waals surface area (Å²) >= 11 is 0. The van der Waals surface area contributed by atoms with Gasteiger partial charge in [0, 0.05) is 13.0 Å². The molecule has 3 rings (SSSR count). The Morgan fingerprint density at radius 3 is 1.66 bits per heavy atom. The highest BCUT2D eigenvalue weighted by atomic mass is 28.4. The number of hydroxylamine groups is 2. The standard InChI is InChI=1S/C39H56F3NO9Si/c1-25(2)53(26(3)4,27(5)6)50-22-21-30(51-37(46)39(40,41)42)31-32(48-23-28-17-13-11-14-18-28)33(49-24-29-19-15-12-16-20-29)34(35(44)43(31)47-10)52-36(45)38(7,8)9/h11-20,25-27,30-34H,21-24H2,1-10H3/t30-,31+,32+,33-,34+/m0/s1. The number of amides is 1. The third-order valence-electron chi connectivity index (χ3n) is 9.64. The molecular weight excluding hydrogens is 712 g/mol. The van der Waals surface area contributed by atoms with Crippen molar-refractivity contribution in [3.05, 3.63) is 71.8 Å². The Bertz CT molecular complexity index is 1450. The van der Waals surface area contributed by atoms with Crippen LogP contribution >= 0.6 is 0 Å². The Morgan fingerprint density at radius 2 is 1.25 bits per heavy atom. The lowest BCUT2D eigenvalue weighted by atomic mass is 9.88. The molecule has 53 heavy (non-hydrogen) atoms. The zero-order valence-corrected chi connectivity index (χ0v) is 33.5. The minimum Gasteiger partial charge on any atom is -0.453 e. The predicted molar refractivity (Wildman–Crippen MR) is 195 cm³/mol. The van der Waals surface area contributed by atoms with Crippen LogP contribution in [-0.2, 0) is 55.8 Å². The van der Waals surface area contributed by atoms with Crippen molar-refractivity contribution in [3.8, 4) is 0 Å². The van der Waals surface area contributed by atoms with E-state index in [0.717, 1.165) is 12.2 Å². The molecule has 296 valence electrons. The number of nitrogens with zero attached hydrogens (tertiary/aromatic N) is 1. The average molecular weight is 768 g/mol. The first-order chi connectivity index (χ1) is 24.7. The summed E-state index contributed by atoms with van der Waals surface area (Å²) < 4.78 is 72.3. The molecule has 1 heterocycles. The third kappa shape index (κ3) is 11.1. The molecule has 10 nitrogen and oxygen atoms in total. The van der Waals surface area contributed by atoms with Crippen molar-refractivity contribution in [1.29, 1.82) is 0 Å². The molecule has 1 fully saturated rings. The van der Waals surface area contributed by atoms with Crippen molar-refractivity contribution < 1.29 is 55.8 Å². The highest BCUT2D eigenvalue weighted by Crippen LogP contribution is 2.43. The summed E-state index contributed by atoms with van der Waals surface area (Å²) in [6.45, 7) is 17.0. The van der Waals surface area contributed by atoms with E-state index in [2.05, 4.69) is 41.5 Å². The van der Waals surface area contributed by atoms with E-state index in [0.29, 0.717) is 11.1 Å². The van der Waals surface area contributed by atoms with E-state index in [-0.39, 0.29) is 42.9 Å². The Balaban J connectivity index is 2.20. The third-order valence-corrected chi connectivity index (χ3v) is 15.8. The fourth-order valence-corrected chi connectivity index (χ4v) is 12.6. The first kappa shape index (κ1) is 44.1. The number of hydrogen-bond donors (Lipinski definition) is 0. The number of halogens is 3. The van der Waals surface area contributed by atoms with Crippen molar-refractivity contribution in [2.75, 3.05) is 13.7 Å². The zero-order chi connectivity index (χ0) is 39.7. The second kappa shape index (κ2) is 18.8. The van der Waals surface area contributed by atoms with Crippen LogP contribution in [0.15, 0.2) is 60.7 Å². The van der Waals surface area contributed by atoms with Crippen LogP contribution in [-0.4, -0.2) is 81.6 Å². The molecule has 0 N–H and O–H groups in total. The molecule has 5 atom stereocenters. The van der Waals surface area contributed by atoms with E-state index in [1.165, 1.54) is 0 Å². The van der Waals surface area contributed by atoms with Gasteiger partial charge in [-0.1, -0.05) is 102 Å². The van der Waals surface area contributed by atoms with Gasteiger partial charge in [-0.3, -0.25) is 14.4 Å². The molecular formula is C39H56F3NO9Si. The Labute approximate surface area is 312 Å². The number of ether oxygens (including phenoxy) is 4. The molecule has 2 aromatic carbocycles. The van der Waals surface area contributed by atoms with Gasteiger partial charge in [0.2, 0.25) is 6.10 Å². The summed E-state index contributed by atoms with van der Waals surface area (Å²) in [7, 11) is -1.38. The molecule has 0 aliphatic carbocycles. The fraction of sp³-hybridized carbons (Fsp3) is 0.615. The molecule has 2 aromatic rings. The van der Waals surface area contributed by atoms with Crippen molar-refractivity contribution in [2.45, 2.75) is 135 Å². The molecule has 0 aromatic heterocycles. The molecule has 0 radical (unpaired) electrons. The maximum Gasteiger partial charge on any atom is 0.490 e. The number of piperidine rings is 1. The van der Waals surface area contributed by atoms with Crippen molar-refractivity contribution in [3.63, 3.8) is 0 Å². The molecule has 1 saturated heterocycles. The minimum atomic E-state index is -5.35. The highest BCUT2D eigenvalue weighted by molar-refractivity contribution is 6.77. The summed E-state index contributed by atoms with van der Waals surface area (Å²) in [5, 5.41) is 0.783. The number of carbonyl (C=O) groups excluding carboxylic acids is 3. The Kier molecular flexibility index (Phi) is 15.7. The summed E-state index contributed by atoms with van der Waals surface area (Å²) in [6, 6.07) is 16.5. The quantitative estimate of drug-likeness (QED) is 0.117. The number of esters is 2. The van der Waals surface area contributed by atoms with Crippen LogP contribution in [0.1, 0.15) is 79.9 Å². The summed E-state index contributed by atoms with van der Waals surface area (Å²) in [5.41, 5.74) is 0.829. The van der Waals surface area contributed by atoms with Gasteiger partial charge in [0.1, 0.15) is 24.4 Å². The van der Waals surface area contributed by atoms with Gasteiger partial charge in [0.05, 0.1) is 25.7 Å². The lowest BCUT2D eigenvalue weighted by Gasteiger charge is -2.48. The van der Waals surface area contributed by atoms with Gasteiger partial charge in [-0.25, -0.2) is 9.86 Å². The molecule has 1 aliphatic heterocycles. The smallest absolute Gasteiger partial charge is 0.453 e. The normalized spacial score (nSPS) is 20.6. The number of benzene rings is 2. The monoisotopic (exact) mass is 767 g/mol. The first-order valence-electron chi connectivity index (χ1n) is 18.1. The van der Waals surface area contributed by atoms with E-state index in [1.54, 1.807) is 69.3 Å². The van der Waals surface area contributed by atoms with Crippen LogP contribution in [0, 0.1) is 5.41 Å². The van der Waals surface area contributed by atoms with Gasteiger partial charge in [0.25, 0.3) is 5.91 Å². The Morgan fingerprint density at radius 1 is 0.774 bits per heavy atom. The van der Waals surface area contributed by atoms with Gasteiger partial charge >= 0.3 is 18.1 Å². The lowest BCUT2D eigenvalue weighted by molar-refractivity contribution is -0.276. The van der Waals surface area contributed by atoms with Crippen LogP contribution in [0.3, 0.4) is 0 Å². The highest BCUT2D eigenvalue weighted by Gasteiger charge is 2.58. The molecule has 0 bridgehead atoms. The molecule has 0 spiro atoms. The Hall–Kier alpha value is -3.30. The fourth-order valence-electron chi connectivity index (χ4n) is 7.16. The van der Waals surface area contributed by atoms with Crippen molar-refractivity contribution in [1.82, 2.24) is 5.06 Å². The second-order valence-corrected chi connectivity index (χ2v) is 20.8. The van der Waals surface area contributed by atoms with Crippen LogP contribution in [0.5, 0.6) is 0 Å². The second-order valence-electron chi connectivity index (χ2n) is 15.3. The summed E-state index contributed by atoms with van der Waals surface area (Å²) in [6.07, 6.45) is -11.6. The van der Waals surface area contributed by atoms with Gasteiger partial charge in [-0.2, -0.15) is 13.2 Å². The largest absolute Gasteiger partial charge is 0.490 e. The number of hydrogen-bond acceptors (Lipinski definition) is 9. The van der Waals surface area contributed by atoms with Gasteiger partial charge < -0.3 is 23.4 Å². The van der Waals surface area contributed by atoms with Crippen molar-refractivity contribution in [2.24, 2.45) is 5.41 Å². The van der Waals surface area contributed by atoms with Gasteiger partial charge in [-0.05, 0) is 48.5 Å². The maximum absolute atomic E-state index is 14.4. The lowest BCUT2D eigenvalue weighted by Crippen LogP contribution is -2.69. The molecule has 1 amide bonds. The molecule has 0 saturated carbocycles. The number of carbonyl (C=O) groups is 3. The maximum atomic E-state index is 14.4. The molecule has 0 unspecified atom stereocenters. The molecule has 14 heteroatoms. The summed E-state index contributed by atoms with van der Waals surface area (Å²) in [5.74, 6) is -4.10. The predicted octanol–water partition coefficient (Wildman–Crippen LogP) is 7.94. The zero-order valence-electron chi connectivity index (χ0n) is 32.5. The van der Waals surface area contributed by atoms with E-state index in [1.807, 2.05) is 12.1 Å². The number of alkyl halides is 3. The van der Waals surface area contributed by atoms with Crippen molar-refractivity contribution >= 4 is 26.2 Å². The number of rotatable bonds is 17.